The number of carbonyl (C=O) groups is 1. The number of rotatable bonds is 6. The van der Waals surface area contributed by atoms with Crippen LogP contribution < -0.4 is 4.74 Å². The van der Waals surface area contributed by atoms with E-state index in [1.807, 2.05) is 31.2 Å². The van der Waals surface area contributed by atoms with Gasteiger partial charge in [-0.3, -0.25) is 4.90 Å². The number of aryl methyl sites for hydroxylation is 1. The molecule has 24 heavy (non-hydrogen) atoms. The van der Waals surface area contributed by atoms with Crippen molar-refractivity contribution in [3.05, 3.63) is 29.8 Å². The number of para-hydroxylation sites is 1. The zero-order valence-corrected chi connectivity index (χ0v) is 15.1. The van der Waals surface area contributed by atoms with E-state index in [1.54, 1.807) is 11.8 Å². The fourth-order valence-corrected chi connectivity index (χ4v) is 2.58. The van der Waals surface area contributed by atoms with Crippen molar-refractivity contribution >= 4 is 18.5 Å². The van der Waals surface area contributed by atoms with Crippen molar-refractivity contribution < 1.29 is 19.4 Å². The summed E-state index contributed by atoms with van der Waals surface area (Å²) in [4.78, 5) is 15.5. The Balaban J connectivity index is 0.00000288. The van der Waals surface area contributed by atoms with Gasteiger partial charge in [0.05, 0.1) is 6.61 Å². The number of benzene rings is 1. The number of aliphatic hydroxyl groups excluding tert-OH is 1. The lowest BCUT2D eigenvalue weighted by Gasteiger charge is -2.34. The Morgan fingerprint density at radius 3 is 2.54 bits per heavy atom. The van der Waals surface area contributed by atoms with Crippen molar-refractivity contribution in [1.82, 2.24) is 9.80 Å². The second-order valence-electron chi connectivity index (χ2n) is 5.72. The molecule has 0 aliphatic carbocycles. The van der Waals surface area contributed by atoms with E-state index in [4.69, 9.17) is 9.47 Å². The zero-order valence-electron chi connectivity index (χ0n) is 14.3. The second-order valence-corrected chi connectivity index (χ2v) is 5.72. The molecule has 1 aromatic carbocycles. The first-order chi connectivity index (χ1) is 11.1. The Morgan fingerprint density at radius 2 is 1.92 bits per heavy atom. The first kappa shape index (κ1) is 20.5. The Hall–Kier alpha value is -1.50. The Morgan fingerprint density at radius 1 is 1.25 bits per heavy atom. The quantitative estimate of drug-likeness (QED) is 0.842. The molecule has 1 aliphatic heterocycles. The lowest BCUT2D eigenvalue weighted by atomic mass is 10.2. The van der Waals surface area contributed by atoms with Crippen LogP contribution in [0.1, 0.15) is 12.5 Å². The molecule has 6 nitrogen and oxygen atoms in total. The molecule has 1 aromatic rings. The summed E-state index contributed by atoms with van der Waals surface area (Å²) in [5.41, 5.74) is 1.06. The van der Waals surface area contributed by atoms with E-state index in [1.165, 1.54) is 0 Å². The van der Waals surface area contributed by atoms with Gasteiger partial charge >= 0.3 is 6.09 Å². The molecular formula is C17H27ClN2O4. The average molecular weight is 359 g/mol. The van der Waals surface area contributed by atoms with E-state index >= 15 is 0 Å². The summed E-state index contributed by atoms with van der Waals surface area (Å²) in [7, 11) is 0. The second kappa shape index (κ2) is 10.4. The van der Waals surface area contributed by atoms with Gasteiger partial charge in [-0.15, -0.1) is 12.4 Å². The van der Waals surface area contributed by atoms with Crippen molar-refractivity contribution in [3.8, 4) is 5.75 Å². The monoisotopic (exact) mass is 358 g/mol. The molecule has 136 valence electrons. The third kappa shape index (κ3) is 6.19. The fraction of sp³-hybridized carbons (Fsp3) is 0.588. The first-order valence-corrected chi connectivity index (χ1v) is 8.10. The van der Waals surface area contributed by atoms with Crippen LogP contribution in [0.3, 0.4) is 0 Å². The number of hydrogen-bond donors (Lipinski definition) is 1. The summed E-state index contributed by atoms with van der Waals surface area (Å²) in [5, 5.41) is 10.1. The van der Waals surface area contributed by atoms with Crippen molar-refractivity contribution in [1.29, 1.82) is 0 Å². The average Bonchev–Trinajstić information content (AvgIpc) is 2.55. The SMILES string of the molecule is CCOC(=O)N1CCN(CC(O)COc2ccccc2C)CC1.Cl. The minimum atomic E-state index is -0.552. The highest BCUT2D eigenvalue weighted by molar-refractivity contribution is 5.85. The summed E-state index contributed by atoms with van der Waals surface area (Å²) in [6, 6.07) is 7.77. The third-order valence-electron chi connectivity index (χ3n) is 3.89. The van der Waals surface area contributed by atoms with Crippen molar-refractivity contribution in [2.24, 2.45) is 0 Å². The fourth-order valence-electron chi connectivity index (χ4n) is 2.58. The molecule has 1 N–H and O–H groups in total. The molecular weight excluding hydrogens is 332 g/mol. The van der Waals surface area contributed by atoms with Gasteiger partial charge in [0.2, 0.25) is 0 Å². The molecule has 1 fully saturated rings. The maximum absolute atomic E-state index is 11.6. The maximum atomic E-state index is 11.6. The van der Waals surface area contributed by atoms with E-state index in [0.717, 1.165) is 24.4 Å². The van der Waals surface area contributed by atoms with E-state index in [2.05, 4.69) is 4.90 Å². The predicted octanol–water partition coefficient (Wildman–Crippen LogP) is 1.93. The highest BCUT2D eigenvalue weighted by Crippen LogP contribution is 2.16. The minimum absolute atomic E-state index is 0. The van der Waals surface area contributed by atoms with Crippen molar-refractivity contribution in [2.75, 3.05) is 45.9 Å². The summed E-state index contributed by atoms with van der Waals surface area (Å²) in [6.45, 7) is 7.73. The predicted molar refractivity (Wildman–Crippen MR) is 95.0 cm³/mol. The van der Waals surface area contributed by atoms with Crippen LogP contribution in [0, 0.1) is 6.92 Å². The van der Waals surface area contributed by atoms with Gasteiger partial charge in [0.15, 0.2) is 0 Å². The third-order valence-corrected chi connectivity index (χ3v) is 3.89. The molecule has 0 radical (unpaired) electrons. The number of carbonyl (C=O) groups excluding carboxylic acids is 1. The normalized spacial score (nSPS) is 16.2. The van der Waals surface area contributed by atoms with E-state index in [0.29, 0.717) is 26.2 Å². The number of hydrogen-bond acceptors (Lipinski definition) is 5. The topological polar surface area (TPSA) is 62.2 Å². The largest absolute Gasteiger partial charge is 0.491 e. The molecule has 1 unspecified atom stereocenters. The molecule has 1 aliphatic rings. The molecule has 1 heterocycles. The van der Waals surface area contributed by atoms with Crippen molar-refractivity contribution in [2.45, 2.75) is 20.0 Å². The Kier molecular flexibility index (Phi) is 8.89. The first-order valence-electron chi connectivity index (χ1n) is 8.10. The van der Waals surface area contributed by atoms with Crippen LogP contribution in [0.2, 0.25) is 0 Å². The molecule has 0 saturated carbocycles. The van der Waals surface area contributed by atoms with Crippen LogP contribution in [0.4, 0.5) is 4.79 Å². The van der Waals surface area contributed by atoms with Crippen LogP contribution in [-0.4, -0.2) is 73.0 Å². The number of nitrogens with zero attached hydrogens (tertiary/aromatic N) is 2. The highest BCUT2D eigenvalue weighted by atomic mass is 35.5. The van der Waals surface area contributed by atoms with Crippen LogP contribution in [-0.2, 0) is 4.74 Å². The number of aliphatic hydroxyl groups is 1. The summed E-state index contributed by atoms with van der Waals surface area (Å²) < 4.78 is 10.7. The highest BCUT2D eigenvalue weighted by Gasteiger charge is 2.23. The van der Waals surface area contributed by atoms with E-state index in [9.17, 15) is 9.90 Å². The van der Waals surface area contributed by atoms with Crippen molar-refractivity contribution in [3.63, 3.8) is 0 Å². The number of halogens is 1. The van der Waals surface area contributed by atoms with Gasteiger partial charge in [-0.25, -0.2) is 4.79 Å². The van der Waals surface area contributed by atoms with E-state index in [-0.39, 0.29) is 25.1 Å². The molecule has 1 atom stereocenters. The van der Waals surface area contributed by atoms with Gasteiger partial charge in [0, 0.05) is 32.7 Å². The van der Waals surface area contributed by atoms with Gasteiger partial charge < -0.3 is 19.5 Å². The van der Waals surface area contributed by atoms with Crippen LogP contribution >= 0.6 is 12.4 Å². The van der Waals surface area contributed by atoms with E-state index < -0.39 is 6.10 Å². The molecule has 1 saturated heterocycles. The summed E-state index contributed by atoms with van der Waals surface area (Å²) in [6.07, 6.45) is -0.806. The molecule has 0 spiro atoms. The molecule has 0 aromatic heterocycles. The molecule has 1 amide bonds. The van der Waals surface area contributed by atoms with Gasteiger partial charge in [0.25, 0.3) is 0 Å². The standard InChI is InChI=1S/C17H26N2O4.ClH/c1-3-22-17(21)19-10-8-18(9-11-19)12-15(20)13-23-16-7-5-4-6-14(16)2;/h4-7,15,20H,3,8-13H2,1-2H3;1H. The minimum Gasteiger partial charge on any atom is -0.491 e. The van der Waals surface area contributed by atoms with Crippen LogP contribution in [0.5, 0.6) is 5.75 Å². The van der Waals surface area contributed by atoms with Gasteiger partial charge in [0.1, 0.15) is 18.5 Å². The van der Waals surface area contributed by atoms with Gasteiger partial charge in [-0.2, -0.15) is 0 Å². The smallest absolute Gasteiger partial charge is 0.409 e. The van der Waals surface area contributed by atoms with Gasteiger partial charge in [-0.1, -0.05) is 18.2 Å². The number of β-amino-alcohol motifs (C(OH)–C–C–N with tert-alkyl or cyclic N) is 1. The number of piperazine rings is 1. The van der Waals surface area contributed by atoms with Gasteiger partial charge in [-0.05, 0) is 25.5 Å². The lowest BCUT2D eigenvalue weighted by molar-refractivity contribution is 0.0406. The molecule has 7 heteroatoms. The lowest BCUT2D eigenvalue weighted by Crippen LogP contribution is -2.51. The Bertz CT molecular complexity index is 507. The Labute approximate surface area is 149 Å². The number of amides is 1. The summed E-state index contributed by atoms with van der Waals surface area (Å²) >= 11 is 0. The maximum Gasteiger partial charge on any atom is 0.409 e. The summed E-state index contributed by atoms with van der Waals surface area (Å²) in [5.74, 6) is 0.804. The molecule has 0 bridgehead atoms. The zero-order chi connectivity index (χ0) is 16.7. The number of ether oxygens (including phenoxy) is 2. The molecule has 2 rings (SSSR count). The van der Waals surface area contributed by atoms with Crippen LogP contribution in [0.15, 0.2) is 24.3 Å². The van der Waals surface area contributed by atoms with Crippen LogP contribution in [0.25, 0.3) is 0 Å².